The van der Waals surface area contributed by atoms with Crippen molar-refractivity contribution in [2.45, 2.75) is 65.0 Å². The van der Waals surface area contributed by atoms with E-state index in [0.717, 1.165) is 4.90 Å². The fourth-order valence-corrected chi connectivity index (χ4v) is 2.09. The Morgan fingerprint density at radius 3 is 1.77 bits per heavy atom. The summed E-state index contributed by atoms with van der Waals surface area (Å²) in [7, 11) is 0. The lowest BCUT2D eigenvalue weighted by molar-refractivity contribution is 0.00295. The van der Waals surface area contributed by atoms with E-state index in [1.54, 1.807) is 41.5 Å². The molecule has 0 aromatic rings. The number of carbonyl (C=O) groups is 3. The molecule has 0 aromatic carbocycles. The number of amides is 3. The predicted molar refractivity (Wildman–Crippen MR) is 114 cm³/mol. The van der Waals surface area contributed by atoms with E-state index in [1.165, 1.54) is 6.08 Å². The number of alkyl carbamates (subject to hydrolysis) is 2. The van der Waals surface area contributed by atoms with Crippen molar-refractivity contribution in [3.8, 4) is 0 Å². The molecule has 0 bridgehead atoms. The number of aliphatic hydroxyl groups is 2. The molecule has 0 aliphatic carbocycles. The third kappa shape index (κ3) is 15.9. The van der Waals surface area contributed by atoms with E-state index in [4.69, 9.17) is 14.2 Å². The van der Waals surface area contributed by atoms with Gasteiger partial charge in [0.2, 0.25) is 0 Å². The summed E-state index contributed by atoms with van der Waals surface area (Å²) in [5.41, 5.74) is -1.49. The molecule has 0 rings (SSSR count). The number of nitrogens with zero attached hydrogens (tertiary/aromatic N) is 1. The Labute approximate surface area is 183 Å². The summed E-state index contributed by atoms with van der Waals surface area (Å²) in [5, 5.41) is 25.2. The SMILES string of the molecule is C=CCOC(=O)NC[C@H](O)CN(C[C@H](O)CNC(=O)OC(C)(C)C)C(=O)OC(C)(C)C. The fraction of sp³-hybridized carbons (Fsp3) is 0.750. The first-order valence-electron chi connectivity index (χ1n) is 9.95. The molecular formula is C20H37N3O8. The smallest absolute Gasteiger partial charge is 0.410 e. The van der Waals surface area contributed by atoms with Crippen LogP contribution in [-0.4, -0.2) is 89.6 Å². The molecule has 0 spiro atoms. The number of carbonyl (C=O) groups excluding carboxylic acids is 3. The molecule has 11 heteroatoms. The van der Waals surface area contributed by atoms with Crippen LogP contribution >= 0.6 is 0 Å². The highest BCUT2D eigenvalue weighted by Gasteiger charge is 2.27. The van der Waals surface area contributed by atoms with Gasteiger partial charge >= 0.3 is 18.3 Å². The molecule has 0 unspecified atom stereocenters. The highest BCUT2D eigenvalue weighted by Crippen LogP contribution is 2.11. The second-order valence-corrected chi connectivity index (χ2v) is 8.84. The van der Waals surface area contributed by atoms with Gasteiger partial charge in [0, 0.05) is 13.1 Å². The number of ether oxygens (including phenoxy) is 3. The van der Waals surface area contributed by atoms with E-state index in [0.29, 0.717) is 0 Å². The summed E-state index contributed by atoms with van der Waals surface area (Å²) < 4.78 is 15.1. The number of nitrogens with one attached hydrogen (secondary N) is 2. The highest BCUT2D eigenvalue weighted by molar-refractivity contribution is 5.69. The van der Waals surface area contributed by atoms with Crippen molar-refractivity contribution in [2.75, 3.05) is 32.8 Å². The lowest BCUT2D eigenvalue weighted by atomic mass is 10.2. The first-order valence-corrected chi connectivity index (χ1v) is 9.95. The van der Waals surface area contributed by atoms with Crippen molar-refractivity contribution in [2.24, 2.45) is 0 Å². The van der Waals surface area contributed by atoms with Gasteiger partial charge in [-0.2, -0.15) is 0 Å². The topological polar surface area (TPSA) is 147 Å². The number of hydrogen-bond acceptors (Lipinski definition) is 8. The Hall–Kier alpha value is -2.53. The number of aliphatic hydroxyl groups excluding tert-OH is 2. The molecule has 11 nitrogen and oxygen atoms in total. The van der Waals surface area contributed by atoms with Crippen LogP contribution in [0.5, 0.6) is 0 Å². The second-order valence-electron chi connectivity index (χ2n) is 8.84. The molecule has 31 heavy (non-hydrogen) atoms. The normalized spacial score (nSPS) is 13.4. The summed E-state index contributed by atoms with van der Waals surface area (Å²) in [4.78, 5) is 36.7. The molecular weight excluding hydrogens is 410 g/mol. The average Bonchev–Trinajstić information content (AvgIpc) is 2.59. The second kappa shape index (κ2) is 13.0. The highest BCUT2D eigenvalue weighted by atomic mass is 16.6. The van der Waals surface area contributed by atoms with Crippen molar-refractivity contribution in [3.63, 3.8) is 0 Å². The molecule has 0 aliphatic rings. The van der Waals surface area contributed by atoms with Gasteiger partial charge in [0.15, 0.2) is 0 Å². The largest absolute Gasteiger partial charge is 0.445 e. The van der Waals surface area contributed by atoms with Crippen LogP contribution in [0.3, 0.4) is 0 Å². The fourth-order valence-electron chi connectivity index (χ4n) is 2.09. The third-order valence-corrected chi connectivity index (χ3v) is 3.21. The van der Waals surface area contributed by atoms with Crippen LogP contribution in [0, 0.1) is 0 Å². The van der Waals surface area contributed by atoms with Crippen molar-refractivity contribution < 1.29 is 38.8 Å². The van der Waals surface area contributed by atoms with Crippen molar-refractivity contribution in [1.82, 2.24) is 15.5 Å². The van der Waals surface area contributed by atoms with Crippen LogP contribution in [0.25, 0.3) is 0 Å². The first kappa shape index (κ1) is 28.5. The molecule has 0 saturated heterocycles. The van der Waals surface area contributed by atoms with E-state index < -0.39 is 41.7 Å². The summed E-state index contributed by atoms with van der Waals surface area (Å²) in [6.45, 7) is 12.7. The minimum Gasteiger partial charge on any atom is -0.445 e. The van der Waals surface area contributed by atoms with E-state index in [1.807, 2.05) is 0 Å². The molecule has 0 aromatic heterocycles. The van der Waals surface area contributed by atoms with Crippen molar-refractivity contribution in [3.05, 3.63) is 12.7 Å². The quantitative estimate of drug-likeness (QED) is 0.290. The van der Waals surface area contributed by atoms with Gasteiger partial charge < -0.3 is 40.0 Å². The van der Waals surface area contributed by atoms with Gasteiger partial charge in [0.1, 0.15) is 17.8 Å². The lowest BCUT2D eigenvalue weighted by Gasteiger charge is -2.30. The number of hydrogen-bond donors (Lipinski definition) is 4. The van der Waals surface area contributed by atoms with Crippen LogP contribution in [0.2, 0.25) is 0 Å². The molecule has 0 radical (unpaired) electrons. The molecule has 3 amide bonds. The van der Waals surface area contributed by atoms with Crippen molar-refractivity contribution >= 4 is 18.3 Å². The van der Waals surface area contributed by atoms with Gasteiger partial charge in [-0.3, -0.25) is 0 Å². The molecule has 4 N–H and O–H groups in total. The van der Waals surface area contributed by atoms with Gasteiger partial charge in [-0.1, -0.05) is 12.7 Å². The van der Waals surface area contributed by atoms with Gasteiger partial charge in [0.05, 0.1) is 25.3 Å². The maximum absolute atomic E-state index is 12.5. The van der Waals surface area contributed by atoms with Gasteiger partial charge in [-0.15, -0.1) is 0 Å². The third-order valence-electron chi connectivity index (χ3n) is 3.21. The lowest BCUT2D eigenvalue weighted by Crippen LogP contribution is -2.49. The molecule has 0 saturated carbocycles. The predicted octanol–water partition coefficient (Wildman–Crippen LogP) is 1.38. The van der Waals surface area contributed by atoms with Gasteiger partial charge in [0.25, 0.3) is 0 Å². The van der Waals surface area contributed by atoms with Gasteiger partial charge in [-0.25, -0.2) is 14.4 Å². The Morgan fingerprint density at radius 2 is 1.35 bits per heavy atom. The molecule has 2 atom stereocenters. The summed E-state index contributed by atoms with van der Waals surface area (Å²) in [6, 6.07) is 0. The maximum Gasteiger partial charge on any atom is 0.410 e. The maximum atomic E-state index is 12.5. The van der Waals surface area contributed by atoms with Crippen LogP contribution in [0.4, 0.5) is 14.4 Å². The van der Waals surface area contributed by atoms with Crippen LogP contribution in [0.15, 0.2) is 12.7 Å². The standard InChI is InChI=1S/C20H37N3O8/c1-8-9-29-16(26)21-10-14(24)12-23(18(28)31-20(5,6)7)13-15(25)11-22-17(27)30-19(2,3)4/h8,14-15,24-25H,1,9-13H2,2-7H3,(H,21,26)(H,22,27)/t14-,15+/m0/s1. The molecule has 180 valence electrons. The molecule has 0 heterocycles. The zero-order chi connectivity index (χ0) is 24.2. The van der Waals surface area contributed by atoms with E-state index in [2.05, 4.69) is 17.2 Å². The van der Waals surface area contributed by atoms with E-state index in [9.17, 15) is 24.6 Å². The first-order chi connectivity index (χ1) is 14.1. The Kier molecular flexibility index (Phi) is 11.9. The molecule has 0 fully saturated rings. The summed E-state index contributed by atoms with van der Waals surface area (Å²) in [5.74, 6) is 0. The van der Waals surface area contributed by atoms with Crippen LogP contribution in [-0.2, 0) is 14.2 Å². The Morgan fingerprint density at radius 1 is 0.903 bits per heavy atom. The Bertz CT molecular complexity index is 598. The zero-order valence-electron chi connectivity index (χ0n) is 19.3. The minimum atomic E-state index is -1.16. The molecule has 0 aliphatic heterocycles. The van der Waals surface area contributed by atoms with E-state index >= 15 is 0 Å². The zero-order valence-corrected chi connectivity index (χ0v) is 19.3. The van der Waals surface area contributed by atoms with Crippen molar-refractivity contribution in [1.29, 1.82) is 0 Å². The summed E-state index contributed by atoms with van der Waals surface area (Å²) >= 11 is 0. The van der Waals surface area contributed by atoms with E-state index in [-0.39, 0.29) is 32.8 Å². The number of rotatable bonds is 10. The average molecular weight is 448 g/mol. The van der Waals surface area contributed by atoms with Crippen LogP contribution in [0.1, 0.15) is 41.5 Å². The van der Waals surface area contributed by atoms with Gasteiger partial charge in [-0.05, 0) is 41.5 Å². The minimum absolute atomic E-state index is 0.0167. The summed E-state index contributed by atoms with van der Waals surface area (Å²) in [6.07, 6.45) is -3.14. The Balaban J connectivity index is 4.86. The van der Waals surface area contributed by atoms with Crippen LogP contribution < -0.4 is 10.6 Å². The monoisotopic (exact) mass is 447 g/mol.